The Balaban J connectivity index is 1.81. The predicted molar refractivity (Wildman–Crippen MR) is 75.6 cm³/mol. The van der Waals surface area contributed by atoms with Crippen LogP contribution < -0.4 is 0 Å². The molecule has 1 heterocycles. The van der Waals surface area contributed by atoms with E-state index in [0.717, 1.165) is 24.4 Å². The molecule has 2 nitrogen and oxygen atoms in total. The molecule has 1 unspecified atom stereocenters. The van der Waals surface area contributed by atoms with Crippen molar-refractivity contribution < 1.29 is 5.11 Å². The Kier molecular flexibility index (Phi) is 4.79. The van der Waals surface area contributed by atoms with Crippen LogP contribution in [0.5, 0.6) is 0 Å². The van der Waals surface area contributed by atoms with E-state index in [9.17, 15) is 5.11 Å². The maximum absolute atomic E-state index is 10.3. The van der Waals surface area contributed by atoms with Crippen LogP contribution in [0.1, 0.15) is 43.4 Å². The predicted octanol–water partition coefficient (Wildman–Crippen LogP) is 3.15. The number of piperidine rings is 1. The van der Waals surface area contributed by atoms with Gasteiger partial charge in [-0.15, -0.1) is 0 Å². The van der Waals surface area contributed by atoms with Crippen LogP contribution >= 0.6 is 0 Å². The number of aryl methyl sites for hydroxylation is 1. The summed E-state index contributed by atoms with van der Waals surface area (Å²) >= 11 is 0. The Bertz CT molecular complexity index is 369. The van der Waals surface area contributed by atoms with Gasteiger partial charge in [-0.1, -0.05) is 31.2 Å². The number of rotatable bonds is 4. The van der Waals surface area contributed by atoms with Gasteiger partial charge in [0.1, 0.15) is 0 Å². The topological polar surface area (TPSA) is 23.5 Å². The molecule has 1 aromatic carbocycles. The minimum atomic E-state index is -0.314. The monoisotopic (exact) mass is 247 g/mol. The van der Waals surface area contributed by atoms with Crippen LogP contribution in [0.25, 0.3) is 0 Å². The molecule has 2 heteroatoms. The van der Waals surface area contributed by atoms with Crippen molar-refractivity contribution in [1.82, 2.24) is 4.90 Å². The Hall–Kier alpha value is -0.860. The Morgan fingerprint density at radius 2 is 1.94 bits per heavy atom. The normalized spacial score (nSPS) is 19.9. The molecule has 0 bridgehead atoms. The zero-order chi connectivity index (χ0) is 13.0. The quantitative estimate of drug-likeness (QED) is 0.883. The lowest BCUT2D eigenvalue weighted by Gasteiger charge is -2.30. The molecule has 1 fully saturated rings. The molecule has 2 rings (SSSR count). The zero-order valence-corrected chi connectivity index (χ0v) is 11.6. The van der Waals surface area contributed by atoms with Crippen molar-refractivity contribution in [2.45, 2.75) is 39.2 Å². The first-order chi connectivity index (χ1) is 8.66. The maximum atomic E-state index is 10.3. The van der Waals surface area contributed by atoms with E-state index in [2.05, 4.69) is 24.8 Å². The van der Waals surface area contributed by atoms with E-state index in [1.807, 2.05) is 18.2 Å². The van der Waals surface area contributed by atoms with Crippen molar-refractivity contribution in [2.24, 2.45) is 5.92 Å². The van der Waals surface area contributed by atoms with E-state index in [4.69, 9.17) is 0 Å². The third kappa shape index (κ3) is 3.56. The molecule has 1 saturated heterocycles. The van der Waals surface area contributed by atoms with Gasteiger partial charge in [0.25, 0.3) is 0 Å². The average Bonchev–Trinajstić information content (AvgIpc) is 2.38. The highest BCUT2D eigenvalue weighted by Crippen LogP contribution is 2.22. The van der Waals surface area contributed by atoms with E-state index < -0.39 is 0 Å². The summed E-state index contributed by atoms with van der Waals surface area (Å²) in [5.74, 6) is 0.877. The first-order valence-electron chi connectivity index (χ1n) is 7.13. The van der Waals surface area contributed by atoms with Gasteiger partial charge >= 0.3 is 0 Å². The molecular formula is C16H25NO. The lowest BCUT2D eigenvalue weighted by Crippen LogP contribution is -2.34. The van der Waals surface area contributed by atoms with Gasteiger partial charge in [0.2, 0.25) is 0 Å². The molecule has 0 saturated carbocycles. The Labute approximate surface area is 111 Å². The maximum Gasteiger partial charge on any atom is 0.0804 e. The van der Waals surface area contributed by atoms with E-state index in [0.29, 0.717) is 0 Å². The van der Waals surface area contributed by atoms with Crippen LogP contribution in [0, 0.1) is 12.8 Å². The van der Waals surface area contributed by atoms with Gasteiger partial charge in [-0.3, -0.25) is 0 Å². The van der Waals surface area contributed by atoms with Crippen LogP contribution in [-0.2, 0) is 0 Å². The highest BCUT2D eigenvalue weighted by molar-refractivity contribution is 5.27. The summed E-state index contributed by atoms with van der Waals surface area (Å²) < 4.78 is 0. The summed E-state index contributed by atoms with van der Waals surface area (Å²) in [6.07, 6.45) is 3.14. The molecule has 1 aliphatic heterocycles. The second kappa shape index (κ2) is 6.35. The first kappa shape index (κ1) is 13.6. The summed E-state index contributed by atoms with van der Waals surface area (Å²) in [7, 11) is 0. The molecule has 100 valence electrons. The summed E-state index contributed by atoms with van der Waals surface area (Å²) in [5.41, 5.74) is 2.28. The number of likely N-dealkylation sites (tertiary alicyclic amines) is 1. The SMILES string of the molecule is Cc1ccccc1C(O)CCN1CCC(C)CC1. The molecule has 18 heavy (non-hydrogen) atoms. The number of aliphatic hydroxyl groups is 1. The van der Waals surface area contributed by atoms with Gasteiger partial charge in [-0.2, -0.15) is 0 Å². The van der Waals surface area contributed by atoms with Crippen molar-refractivity contribution in [3.8, 4) is 0 Å². The third-order valence-corrected chi connectivity index (χ3v) is 4.14. The largest absolute Gasteiger partial charge is 0.388 e. The van der Waals surface area contributed by atoms with E-state index in [1.54, 1.807) is 0 Å². The van der Waals surface area contributed by atoms with Crippen molar-refractivity contribution in [1.29, 1.82) is 0 Å². The van der Waals surface area contributed by atoms with Crippen molar-refractivity contribution in [2.75, 3.05) is 19.6 Å². The smallest absolute Gasteiger partial charge is 0.0804 e. The van der Waals surface area contributed by atoms with E-state index in [1.165, 1.54) is 31.5 Å². The van der Waals surface area contributed by atoms with Crippen LogP contribution in [0.3, 0.4) is 0 Å². The fourth-order valence-corrected chi connectivity index (χ4v) is 2.71. The number of hydrogen-bond donors (Lipinski definition) is 1. The second-order valence-corrected chi connectivity index (χ2v) is 5.69. The molecule has 0 radical (unpaired) electrons. The van der Waals surface area contributed by atoms with Gasteiger partial charge in [0.15, 0.2) is 0 Å². The van der Waals surface area contributed by atoms with Crippen LogP contribution in [0.4, 0.5) is 0 Å². The van der Waals surface area contributed by atoms with Gasteiger partial charge < -0.3 is 10.0 Å². The molecule has 0 aromatic heterocycles. The van der Waals surface area contributed by atoms with Gasteiger partial charge in [-0.25, -0.2) is 0 Å². The summed E-state index contributed by atoms with van der Waals surface area (Å²) in [6, 6.07) is 8.14. The Morgan fingerprint density at radius 3 is 2.61 bits per heavy atom. The van der Waals surface area contributed by atoms with Gasteiger partial charge in [0.05, 0.1) is 6.10 Å². The molecule has 0 aliphatic carbocycles. The van der Waals surface area contributed by atoms with Crippen LogP contribution in [0.2, 0.25) is 0 Å². The Morgan fingerprint density at radius 1 is 1.28 bits per heavy atom. The van der Waals surface area contributed by atoms with Gasteiger partial charge in [0, 0.05) is 6.54 Å². The summed E-state index contributed by atoms with van der Waals surface area (Å²) in [5, 5.41) is 10.3. The molecule has 1 aliphatic rings. The van der Waals surface area contributed by atoms with Crippen LogP contribution in [-0.4, -0.2) is 29.6 Å². The molecule has 1 N–H and O–H groups in total. The van der Waals surface area contributed by atoms with Crippen molar-refractivity contribution in [3.05, 3.63) is 35.4 Å². The highest BCUT2D eigenvalue weighted by Gasteiger charge is 2.17. The standard InChI is InChI=1S/C16H25NO/c1-13-7-10-17(11-8-13)12-9-16(18)15-6-4-3-5-14(15)2/h3-6,13,16,18H,7-12H2,1-2H3. The van der Waals surface area contributed by atoms with Crippen molar-refractivity contribution in [3.63, 3.8) is 0 Å². The van der Waals surface area contributed by atoms with E-state index >= 15 is 0 Å². The number of benzene rings is 1. The molecule has 0 spiro atoms. The van der Waals surface area contributed by atoms with Crippen molar-refractivity contribution >= 4 is 0 Å². The lowest BCUT2D eigenvalue weighted by molar-refractivity contribution is 0.125. The first-order valence-corrected chi connectivity index (χ1v) is 7.13. The van der Waals surface area contributed by atoms with E-state index in [-0.39, 0.29) is 6.10 Å². The van der Waals surface area contributed by atoms with Crippen LogP contribution in [0.15, 0.2) is 24.3 Å². The minimum absolute atomic E-state index is 0.314. The third-order valence-electron chi connectivity index (χ3n) is 4.14. The number of aliphatic hydroxyl groups excluding tert-OH is 1. The second-order valence-electron chi connectivity index (χ2n) is 5.69. The molecule has 0 amide bonds. The molecular weight excluding hydrogens is 222 g/mol. The molecule has 1 atom stereocenters. The minimum Gasteiger partial charge on any atom is -0.388 e. The fraction of sp³-hybridized carbons (Fsp3) is 0.625. The van der Waals surface area contributed by atoms with Gasteiger partial charge in [-0.05, 0) is 56.3 Å². The number of nitrogens with zero attached hydrogens (tertiary/aromatic N) is 1. The lowest BCUT2D eigenvalue weighted by atomic mass is 9.98. The summed E-state index contributed by atoms with van der Waals surface area (Å²) in [6.45, 7) is 7.81. The number of hydrogen-bond acceptors (Lipinski definition) is 2. The average molecular weight is 247 g/mol. The molecule has 1 aromatic rings. The highest BCUT2D eigenvalue weighted by atomic mass is 16.3. The zero-order valence-electron chi connectivity index (χ0n) is 11.6. The summed E-state index contributed by atoms with van der Waals surface area (Å²) in [4.78, 5) is 2.49. The fourth-order valence-electron chi connectivity index (χ4n) is 2.71.